The molecule has 3 N–H and O–H groups in total. The van der Waals surface area contributed by atoms with E-state index in [-0.39, 0.29) is 30.3 Å². The Kier molecular flexibility index (Phi) is 5.92. The van der Waals surface area contributed by atoms with Gasteiger partial charge in [-0.25, -0.2) is 4.68 Å². The Balaban J connectivity index is 1.63. The van der Waals surface area contributed by atoms with E-state index in [0.29, 0.717) is 11.1 Å². The third-order valence-electron chi connectivity index (χ3n) is 4.42. The molecule has 8 nitrogen and oxygen atoms in total. The van der Waals surface area contributed by atoms with Crippen LogP contribution in [0.3, 0.4) is 0 Å². The number of rotatable bonds is 6. The van der Waals surface area contributed by atoms with Gasteiger partial charge in [-0.2, -0.15) is 0 Å². The molecule has 150 valence electrons. The SMILES string of the molecule is CC(C)C(=O)Nc1ccc(CNC(=O)Cn2[nH]c(=O)c3ccccc3c2=O)cc1. The number of nitrogens with zero attached hydrogens (tertiary/aromatic N) is 1. The van der Waals surface area contributed by atoms with Crippen LogP contribution in [-0.2, 0) is 22.7 Å². The van der Waals surface area contributed by atoms with Crippen LogP contribution in [0.25, 0.3) is 10.8 Å². The average molecular weight is 394 g/mol. The number of hydrogen-bond acceptors (Lipinski definition) is 4. The molecular formula is C21H22N4O4. The number of amides is 2. The zero-order chi connectivity index (χ0) is 21.0. The first-order valence-electron chi connectivity index (χ1n) is 9.23. The lowest BCUT2D eigenvalue weighted by molar-refractivity contribution is -0.122. The quantitative estimate of drug-likeness (QED) is 0.589. The molecule has 0 atom stereocenters. The first-order valence-corrected chi connectivity index (χ1v) is 9.23. The second kappa shape index (κ2) is 8.55. The summed E-state index contributed by atoms with van der Waals surface area (Å²) in [5.74, 6) is -0.588. The summed E-state index contributed by atoms with van der Waals surface area (Å²) in [4.78, 5) is 48.4. The van der Waals surface area contributed by atoms with Gasteiger partial charge in [-0.15, -0.1) is 0 Å². The minimum atomic E-state index is -0.430. The van der Waals surface area contributed by atoms with E-state index in [4.69, 9.17) is 0 Å². The molecule has 3 aromatic rings. The number of hydrogen-bond donors (Lipinski definition) is 3. The molecule has 8 heteroatoms. The minimum Gasteiger partial charge on any atom is -0.350 e. The van der Waals surface area contributed by atoms with Gasteiger partial charge in [0.1, 0.15) is 6.54 Å². The smallest absolute Gasteiger partial charge is 0.273 e. The number of anilines is 1. The minimum absolute atomic E-state index is 0.0686. The van der Waals surface area contributed by atoms with Gasteiger partial charge in [0.05, 0.1) is 10.8 Å². The molecule has 0 saturated carbocycles. The van der Waals surface area contributed by atoms with E-state index in [0.717, 1.165) is 10.2 Å². The zero-order valence-electron chi connectivity index (χ0n) is 16.2. The molecule has 0 radical (unpaired) electrons. The summed E-state index contributed by atoms with van der Waals surface area (Å²) in [6, 6.07) is 13.6. The summed E-state index contributed by atoms with van der Waals surface area (Å²) >= 11 is 0. The lowest BCUT2D eigenvalue weighted by Crippen LogP contribution is -2.36. The van der Waals surface area contributed by atoms with Crippen molar-refractivity contribution in [1.82, 2.24) is 15.1 Å². The van der Waals surface area contributed by atoms with Crippen molar-refractivity contribution in [3.05, 3.63) is 74.8 Å². The maximum absolute atomic E-state index is 12.4. The van der Waals surface area contributed by atoms with Crippen LogP contribution in [0.5, 0.6) is 0 Å². The largest absolute Gasteiger partial charge is 0.350 e. The third kappa shape index (κ3) is 4.78. The van der Waals surface area contributed by atoms with E-state index in [1.807, 2.05) is 13.8 Å². The Morgan fingerprint density at radius 3 is 2.31 bits per heavy atom. The van der Waals surface area contributed by atoms with Crippen LogP contribution in [0.15, 0.2) is 58.1 Å². The van der Waals surface area contributed by atoms with Crippen LogP contribution in [0.1, 0.15) is 19.4 Å². The summed E-state index contributed by atoms with van der Waals surface area (Å²) in [5.41, 5.74) is 0.659. The number of carbonyl (C=O) groups is 2. The molecule has 0 aliphatic heterocycles. The Morgan fingerprint density at radius 2 is 1.66 bits per heavy atom. The average Bonchev–Trinajstić information content (AvgIpc) is 2.71. The van der Waals surface area contributed by atoms with Gasteiger partial charge in [0, 0.05) is 18.2 Å². The van der Waals surface area contributed by atoms with Crippen molar-refractivity contribution in [2.75, 3.05) is 5.32 Å². The normalized spacial score (nSPS) is 10.9. The summed E-state index contributed by atoms with van der Waals surface area (Å²) < 4.78 is 1.00. The van der Waals surface area contributed by atoms with Crippen LogP contribution >= 0.6 is 0 Å². The molecule has 1 heterocycles. The van der Waals surface area contributed by atoms with Crippen molar-refractivity contribution in [2.24, 2.45) is 5.92 Å². The number of aromatic amines is 1. The van der Waals surface area contributed by atoms with Gasteiger partial charge in [0.15, 0.2) is 0 Å². The van der Waals surface area contributed by atoms with Crippen molar-refractivity contribution >= 4 is 28.3 Å². The van der Waals surface area contributed by atoms with E-state index < -0.39 is 17.0 Å². The first kappa shape index (κ1) is 20.1. The van der Waals surface area contributed by atoms with E-state index in [9.17, 15) is 19.2 Å². The third-order valence-corrected chi connectivity index (χ3v) is 4.42. The van der Waals surface area contributed by atoms with Crippen LogP contribution in [0.4, 0.5) is 5.69 Å². The predicted molar refractivity (Wildman–Crippen MR) is 111 cm³/mol. The molecule has 0 bridgehead atoms. The summed E-state index contributed by atoms with van der Waals surface area (Å²) in [5, 5.41) is 8.49. The summed E-state index contributed by atoms with van der Waals surface area (Å²) in [7, 11) is 0. The van der Waals surface area contributed by atoms with Crippen LogP contribution in [0, 0.1) is 5.92 Å². The van der Waals surface area contributed by atoms with E-state index in [2.05, 4.69) is 15.7 Å². The van der Waals surface area contributed by atoms with Gasteiger partial charge in [-0.3, -0.25) is 24.3 Å². The number of carbonyl (C=O) groups excluding carboxylic acids is 2. The predicted octanol–water partition coefficient (Wildman–Crippen LogP) is 1.60. The van der Waals surface area contributed by atoms with Crippen LogP contribution in [0.2, 0.25) is 0 Å². The second-order valence-electron chi connectivity index (χ2n) is 7.00. The molecule has 0 fully saturated rings. The number of fused-ring (bicyclic) bond motifs is 1. The molecule has 0 saturated heterocycles. The molecule has 0 spiro atoms. The van der Waals surface area contributed by atoms with Gasteiger partial charge in [-0.05, 0) is 29.8 Å². The Labute approximate surface area is 166 Å². The molecule has 3 rings (SSSR count). The fraction of sp³-hybridized carbons (Fsp3) is 0.238. The van der Waals surface area contributed by atoms with Gasteiger partial charge < -0.3 is 10.6 Å². The van der Waals surface area contributed by atoms with Crippen molar-refractivity contribution in [1.29, 1.82) is 0 Å². The highest BCUT2D eigenvalue weighted by Gasteiger charge is 2.10. The van der Waals surface area contributed by atoms with Crippen molar-refractivity contribution in [2.45, 2.75) is 26.9 Å². The molecule has 29 heavy (non-hydrogen) atoms. The standard InChI is InChI=1S/C21H22N4O4/c1-13(2)19(27)23-15-9-7-14(8-10-15)11-22-18(26)12-25-21(29)17-6-4-3-5-16(17)20(28)24-25/h3-10,13H,11-12H2,1-2H3,(H,22,26)(H,23,27)(H,24,28). The van der Waals surface area contributed by atoms with Gasteiger partial charge in [0.2, 0.25) is 11.8 Å². The van der Waals surface area contributed by atoms with Gasteiger partial charge in [0.25, 0.3) is 11.1 Å². The molecule has 0 unspecified atom stereocenters. The van der Waals surface area contributed by atoms with E-state index in [1.54, 1.807) is 48.5 Å². The fourth-order valence-corrected chi connectivity index (χ4v) is 2.75. The monoisotopic (exact) mass is 394 g/mol. The highest BCUT2D eigenvalue weighted by molar-refractivity contribution is 5.92. The number of nitrogens with one attached hydrogen (secondary N) is 3. The molecule has 2 amide bonds. The summed E-state index contributed by atoms with van der Waals surface area (Å²) in [6.45, 7) is 3.59. The van der Waals surface area contributed by atoms with Crippen LogP contribution in [-0.4, -0.2) is 21.6 Å². The van der Waals surface area contributed by atoms with E-state index >= 15 is 0 Å². The van der Waals surface area contributed by atoms with Crippen LogP contribution < -0.4 is 21.8 Å². The second-order valence-corrected chi connectivity index (χ2v) is 7.00. The number of benzene rings is 2. The molecule has 2 aromatic carbocycles. The topological polar surface area (TPSA) is 113 Å². The Morgan fingerprint density at radius 1 is 1.00 bits per heavy atom. The van der Waals surface area contributed by atoms with E-state index in [1.165, 1.54) is 0 Å². The van der Waals surface area contributed by atoms with Gasteiger partial charge >= 0.3 is 0 Å². The summed E-state index contributed by atoms with van der Waals surface area (Å²) in [6.07, 6.45) is 0. The fourth-order valence-electron chi connectivity index (χ4n) is 2.75. The lowest BCUT2D eigenvalue weighted by atomic mass is 10.1. The zero-order valence-corrected chi connectivity index (χ0v) is 16.2. The first-order chi connectivity index (χ1) is 13.8. The van der Waals surface area contributed by atoms with Gasteiger partial charge in [-0.1, -0.05) is 38.1 Å². The molecular weight excluding hydrogens is 372 g/mol. The Hall–Kier alpha value is -3.68. The van der Waals surface area contributed by atoms with Crippen molar-refractivity contribution in [3.63, 3.8) is 0 Å². The maximum Gasteiger partial charge on any atom is 0.273 e. The molecule has 0 aliphatic rings. The Bertz CT molecular complexity index is 1160. The molecule has 1 aromatic heterocycles. The van der Waals surface area contributed by atoms with Crippen molar-refractivity contribution in [3.8, 4) is 0 Å². The highest BCUT2D eigenvalue weighted by atomic mass is 16.2. The highest BCUT2D eigenvalue weighted by Crippen LogP contribution is 2.11. The lowest BCUT2D eigenvalue weighted by Gasteiger charge is -2.10. The van der Waals surface area contributed by atoms with Crippen molar-refractivity contribution < 1.29 is 9.59 Å². The number of H-pyrrole nitrogens is 1. The number of aromatic nitrogens is 2. The maximum atomic E-state index is 12.4. The molecule has 0 aliphatic carbocycles.